The highest BCUT2D eigenvalue weighted by Gasteiger charge is 2.34. The molecule has 46 heavy (non-hydrogen) atoms. The minimum atomic E-state index is -0.440. The number of carbonyl (C=O) groups excluding carboxylic acids is 2. The summed E-state index contributed by atoms with van der Waals surface area (Å²) in [6.07, 6.45) is 2.97. The summed E-state index contributed by atoms with van der Waals surface area (Å²) in [7, 11) is 0. The number of carbonyl (C=O) groups is 2. The first kappa shape index (κ1) is 28.8. The fourth-order valence-corrected chi connectivity index (χ4v) is 5.71. The molecule has 11 heteroatoms. The molecule has 0 spiro atoms. The lowest BCUT2D eigenvalue weighted by Crippen LogP contribution is -2.59. The second kappa shape index (κ2) is 12.9. The molecule has 2 N–H and O–H groups in total. The van der Waals surface area contributed by atoms with Gasteiger partial charge < -0.3 is 20.3 Å². The molecule has 230 valence electrons. The molecule has 3 heterocycles. The number of anilines is 2. The van der Waals surface area contributed by atoms with Gasteiger partial charge in [-0.2, -0.15) is 4.98 Å². The van der Waals surface area contributed by atoms with E-state index in [0.29, 0.717) is 31.4 Å². The Morgan fingerprint density at radius 3 is 2.57 bits per heavy atom. The quantitative estimate of drug-likeness (QED) is 0.229. The van der Waals surface area contributed by atoms with E-state index < -0.39 is 12.1 Å². The molecule has 1 saturated heterocycles. The van der Waals surface area contributed by atoms with Crippen molar-refractivity contribution in [1.29, 1.82) is 0 Å². The van der Waals surface area contributed by atoms with Gasteiger partial charge in [-0.25, -0.2) is 19.6 Å². The van der Waals surface area contributed by atoms with E-state index in [9.17, 15) is 9.59 Å². The van der Waals surface area contributed by atoms with E-state index in [0.717, 1.165) is 33.1 Å². The second-order valence-corrected chi connectivity index (χ2v) is 11.0. The zero-order valence-electron chi connectivity index (χ0n) is 25.0. The number of nitrogens with one attached hydrogen (secondary N) is 2. The number of fused-ring (bicyclic) bond motifs is 2. The van der Waals surface area contributed by atoms with Crippen LogP contribution in [0.2, 0.25) is 0 Å². The maximum absolute atomic E-state index is 13.5. The normalized spacial score (nSPS) is 14.7. The first-order chi connectivity index (χ1) is 22.6. The summed E-state index contributed by atoms with van der Waals surface area (Å²) in [5.74, 6) is 1.05. The number of para-hydroxylation sites is 2. The van der Waals surface area contributed by atoms with Crippen LogP contribution in [-0.2, 0) is 11.3 Å². The predicted molar refractivity (Wildman–Crippen MR) is 177 cm³/mol. The Labute approximate surface area is 265 Å². The Morgan fingerprint density at radius 1 is 0.848 bits per heavy atom. The number of piperazine rings is 1. The lowest BCUT2D eigenvalue weighted by molar-refractivity contribution is 0.0556. The van der Waals surface area contributed by atoms with Crippen molar-refractivity contribution in [3.63, 3.8) is 0 Å². The molecular weight excluding hydrogens is 580 g/mol. The van der Waals surface area contributed by atoms with Gasteiger partial charge in [-0.3, -0.25) is 9.47 Å². The van der Waals surface area contributed by atoms with Gasteiger partial charge in [0.2, 0.25) is 5.95 Å². The van der Waals surface area contributed by atoms with Crippen LogP contribution in [0.25, 0.3) is 27.6 Å². The van der Waals surface area contributed by atoms with Gasteiger partial charge in [0.15, 0.2) is 0 Å². The van der Waals surface area contributed by atoms with Gasteiger partial charge >= 0.3 is 12.1 Å². The van der Waals surface area contributed by atoms with Gasteiger partial charge in [-0.05, 0) is 35.2 Å². The Hall–Kier alpha value is -5.97. The molecule has 2 aromatic heterocycles. The Balaban J connectivity index is 1.08. The van der Waals surface area contributed by atoms with E-state index in [1.54, 1.807) is 22.3 Å². The lowest BCUT2D eigenvalue weighted by atomic mass is 10.1. The largest absolute Gasteiger partial charge is 0.445 e. The molecule has 7 rings (SSSR count). The number of rotatable bonds is 7. The highest BCUT2D eigenvalue weighted by Crippen LogP contribution is 2.24. The third kappa shape index (κ3) is 6.16. The van der Waals surface area contributed by atoms with Crippen LogP contribution in [0.1, 0.15) is 5.56 Å². The van der Waals surface area contributed by atoms with Gasteiger partial charge in [0, 0.05) is 37.8 Å². The molecule has 6 aromatic rings. The molecule has 1 unspecified atom stereocenters. The van der Waals surface area contributed by atoms with Gasteiger partial charge in [0.1, 0.15) is 18.8 Å². The van der Waals surface area contributed by atoms with Gasteiger partial charge in [0.25, 0.3) is 0 Å². The summed E-state index contributed by atoms with van der Waals surface area (Å²) in [5.41, 5.74) is 3.43. The Bertz CT molecular complexity index is 1990. The van der Waals surface area contributed by atoms with E-state index in [-0.39, 0.29) is 19.2 Å². The monoisotopic (exact) mass is 612 g/mol. The zero-order valence-corrected chi connectivity index (χ0v) is 25.0. The minimum absolute atomic E-state index is 0.158. The molecule has 0 radical (unpaired) electrons. The van der Waals surface area contributed by atoms with Crippen LogP contribution in [0.4, 0.5) is 21.2 Å². The number of urea groups is 1. The van der Waals surface area contributed by atoms with Crippen LogP contribution in [0, 0.1) is 0 Å². The molecule has 4 aromatic carbocycles. The van der Waals surface area contributed by atoms with E-state index in [2.05, 4.69) is 20.6 Å². The smallest absolute Gasteiger partial charge is 0.410 e. The van der Waals surface area contributed by atoms with Crippen LogP contribution < -0.4 is 10.6 Å². The van der Waals surface area contributed by atoms with Crippen molar-refractivity contribution in [2.45, 2.75) is 12.6 Å². The summed E-state index contributed by atoms with van der Waals surface area (Å²) in [6.45, 7) is 1.41. The molecule has 1 aliphatic heterocycles. The van der Waals surface area contributed by atoms with Crippen molar-refractivity contribution in [2.24, 2.45) is 0 Å². The first-order valence-electron chi connectivity index (χ1n) is 15.1. The average Bonchev–Trinajstić information content (AvgIpc) is 3.55. The van der Waals surface area contributed by atoms with Gasteiger partial charge in [0.05, 0.1) is 22.8 Å². The molecule has 3 amide bonds. The maximum atomic E-state index is 13.5. The van der Waals surface area contributed by atoms with Crippen molar-refractivity contribution in [3.8, 4) is 5.82 Å². The Kier molecular flexibility index (Phi) is 8.10. The van der Waals surface area contributed by atoms with Crippen LogP contribution in [0.15, 0.2) is 116 Å². The van der Waals surface area contributed by atoms with E-state index >= 15 is 0 Å². The van der Waals surface area contributed by atoms with Gasteiger partial charge in [-0.15, -0.1) is 0 Å². The van der Waals surface area contributed by atoms with E-state index in [1.807, 2.05) is 108 Å². The number of amides is 3. The molecule has 1 aliphatic rings. The fraction of sp³-hybridized carbons (Fsp3) is 0.171. The predicted octanol–water partition coefficient (Wildman–Crippen LogP) is 5.94. The Morgan fingerprint density at radius 2 is 1.65 bits per heavy atom. The van der Waals surface area contributed by atoms with E-state index in [1.165, 1.54) is 0 Å². The molecular formula is C35H32N8O3. The number of hydrogen-bond acceptors (Lipinski definition) is 7. The second-order valence-electron chi connectivity index (χ2n) is 11.0. The molecule has 11 nitrogen and oxygen atoms in total. The number of benzene rings is 4. The lowest BCUT2D eigenvalue weighted by Gasteiger charge is -2.40. The van der Waals surface area contributed by atoms with Crippen LogP contribution in [-0.4, -0.2) is 73.7 Å². The molecule has 0 saturated carbocycles. The highest BCUT2D eigenvalue weighted by atomic mass is 16.6. The third-order valence-corrected chi connectivity index (χ3v) is 8.08. The summed E-state index contributed by atoms with van der Waals surface area (Å²) in [4.78, 5) is 43.9. The van der Waals surface area contributed by atoms with Crippen molar-refractivity contribution < 1.29 is 14.3 Å². The summed E-state index contributed by atoms with van der Waals surface area (Å²) in [6, 6.07) is 32.3. The zero-order chi connectivity index (χ0) is 31.3. The first-order valence-corrected chi connectivity index (χ1v) is 15.1. The van der Waals surface area contributed by atoms with Crippen molar-refractivity contribution in [2.75, 3.05) is 36.8 Å². The number of ether oxygens (including phenoxy) is 1. The molecule has 1 atom stereocenters. The standard InChI is InChI=1S/C35H32N8O3/c44-34(39-29-15-8-12-26-11-4-5-13-28(26)29)41-19-20-42(35(45)46-23-25-9-2-1-3-10-25)27(22-41)21-37-33-36-18-17-32(40-33)43-24-38-30-14-6-7-16-31(30)43/h1-18,24,27H,19-23H2,(H,39,44)(H,36,37,40). The van der Waals surface area contributed by atoms with Crippen molar-refractivity contribution in [3.05, 3.63) is 121 Å². The number of hydrogen-bond donors (Lipinski definition) is 2. The van der Waals surface area contributed by atoms with Crippen LogP contribution >= 0.6 is 0 Å². The van der Waals surface area contributed by atoms with Crippen LogP contribution in [0.3, 0.4) is 0 Å². The number of aromatic nitrogens is 4. The van der Waals surface area contributed by atoms with Crippen molar-refractivity contribution >= 4 is 45.6 Å². The highest BCUT2D eigenvalue weighted by molar-refractivity contribution is 6.01. The third-order valence-electron chi connectivity index (χ3n) is 8.08. The topological polar surface area (TPSA) is 118 Å². The summed E-state index contributed by atoms with van der Waals surface area (Å²) < 4.78 is 7.60. The van der Waals surface area contributed by atoms with Crippen molar-refractivity contribution in [1.82, 2.24) is 29.3 Å². The SMILES string of the molecule is O=C(Nc1cccc2ccccc12)N1CCN(C(=O)OCc2ccccc2)C(CNc2nccc(-n3cnc4ccccc43)n2)C1. The van der Waals surface area contributed by atoms with Crippen LogP contribution in [0.5, 0.6) is 0 Å². The summed E-state index contributed by atoms with van der Waals surface area (Å²) in [5, 5.41) is 8.37. The molecule has 0 bridgehead atoms. The summed E-state index contributed by atoms with van der Waals surface area (Å²) >= 11 is 0. The van der Waals surface area contributed by atoms with E-state index in [4.69, 9.17) is 9.72 Å². The fourth-order valence-electron chi connectivity index (χ4n) is 5.71. The molecule has 1 fully saturated rings. The number of nitrogens with zero attached hydrogens (tertiary/aromatic N) is 6. The average molecular weight is 613 g/mol. The maximum Gasteiger partial charge on any atom is 0.410 e. The minimum Gasteiger partial charge on any atom is -0.445 e. The number of imidazole rings is 1. The van der Waals surface area contributed by atoms with Gasteiger partial charge in [-0.1, -0.05) is 78.9 Å². The molecule has 0 aliphatic carbocycles.